The van der Waals surface area contributed by atoms with Gasteiger partial charge in [-0.25, -0.2) is 0 Å². The Balaban J connectivity index is 1.80. The highest BCUT2D eigenvalue weighted by Crippen LogP contribution is 2.49. The zero-order valence-corrected chi connectivity index (χ0v) is 15.2. The quantitative estimate of drug-likeness (QED) is 0.447. The number of amides is 1. The summed E-state index contributed by atoms with van der Waals surface area (Å²) in [4.78, 5) is 29.7. The summed E-state index contributed by atoms with van der Waals surface area (Å²) in [5.74, 6) is 0.641. The van der Waals surface area contributed by atoms with Crippen molar-refractivity contribution in [1.82, 2.24) is 4.90 Å². The Hall–Kier alpha value is -2.46. The molecular formula is C20H25N3O3. The first kappa shape index (κ1) is 18.3. The molecule has 1 aliphatic heterocycles. The van der Waals surface area contributed by atoms with Crippen molar-refractivity contribution in [3.8, 4) is 5.75 Å². The van der Waals surface area contributed by atoms with Crippen molar-refractivity contribution < 1.29 is 19.1 Å². The van der Waals surface area contributed by atoms with Gasteiger partial charge in [-0.15, -0.1) is 0 Å². The van der Waals surface area contributed by atoms with E-state index in [0.29, 0.717) is 13.0 Å². The molecule has 1 spiro atoms. The van der Waals surface area contributed by atoms with Gasteiger partial charge >= 0.3 is 6.21 Å². The molecule has 1 aromatic carbocycles. The summed E-state index contributed by atoms with van der Waals surface area (Å²) in [5.41, 5.74) is 9.69. The van der Waals surface area contributed by atoms with E-state index in [0.717, 1.165) is 49.6 Å². The molecule has 2 aliphatic rings. The normalized spacial score (nSPS) is 21.5. The number of carbonyl (C=O) groups is 2. The molecule has 138 valence electrons. The molecule has 26 heavy (non-hydrogen) atoms. The number of piperidine rings is 1. The summed E-state index contributed by atoms with van der Waals surface area (Å²) in [7, 11) is 1.62. The van der Waals surface area contributed by atoms with E-state index in [4.69, 9.17) is 10.3 Å². The smallest absolute Gasteiger partial charge is 0.323 e. The predicted molar refractivity (Wildman–Crippen MR) is 96.8 cm³/mol. The van der Waals surface area contributed by atoms with Crippen LogP contribution in [0.25, 0.3) is 5.53 Å². The summed E-state index contributed by atoms with van der Waals surface area (Å²) >= 11 is 0. The summed E-state index contributed by atoms with van der Waals surface area (Å²) < 4.78 is 5.18. The number of Topliss-reactive ketones (excluding diaryl/α,β-unsaturated/α-hetero) is 1. The average Bonchev–Trinajstić information content (AvgIpc) is 3.06. The van der Waals surface area contributed by atoms with Crippen LogP contribution in [-0.4, -0.2) is 40.7 Å². The third-order valence-electron chi connectivity index (χ3n) is 5.77. The molecule has 1 heterocycles. The minimum Gasteiger partial charge on any atom is -0.497 e. The van der Waals surface area contributed by atoms with Gasteiger partial charge in [0.15, 0.2) is 0 Å². The van der Waals surface area contributed by atoms with Crippen molar-refractivity contribution in [3.05, 3.63) is 35.4 Å². The van der Waals surface area contributed by atoms with E-state index in [1.807, 2.05) is 29.2 Å². The van der Waals surface area contributed by atoms with E-state index >= 15 is 0 Å². The van der Waals surface area contributed by atoms with Gasteiger partial charge < -0.3 is 15.2 Å². The maximum absolute atomic E-state index is 12.9. The minimum absolute atomic E-state index is 0.0504. The standard InChI is InChI=1S/C20H25N3O3/c1-26-18-6-4-15(5-7-18)14-23-16(10-17(24)13-22-21)11-20(12-19(23)25)8-2-3-9-20/h4-7,13,16H,2-3,8-12,14H2,1H3. The summed E-state index contributed by atoms with van der Waals surface area (Å²) in [6.45, 7) is 0.479. The number of carbonyl (C=O) groups excluding carboxylic acids is 2. The molecule has 1 unspecified atom stereocenters. The van der Waals surface area contributed by atoms with E-state index < -0.39 is 0 Å². The molecule has 1 saturated carbocycles. The number of nitrogens with zero attached hydrogens (tertiary/aromatic N) is 3. The van der Waals surface area contributed by atoms with Crippen LogP contribution in [0.3, 0.4) is 0 Å². The van der Waals surface area contributed by atoms with Crippen molar-refractivity contribution in [2.45, 2.75) is 57.5 Å². The van der Waals surface area contributed by atoms with Crippen LogP contribution in [-0.2, 0) is 16.1 Å². The molecule has 3 rings (SSSR count). The Kier molecular flexibility index (Phi) is 5.52. The van der Waals surface area contributed by atoms with Crippen LogP contribution in [0.5, 0.6) is 5.75 Å². The molecule has 0 bridgehead atoms. The van der Waals surface area contributed by atoms with Gasteiger partial charge in [-0.05, 0) is 42.4 Å². The number of hydrogen-bond donors (Lipinski definition) is 0. The van der Waals surface area contributed by atoms with Crippen molar-refractivity contribution in [3.63, 3.8) is 0 Å². The lowest BCUT2D eigenvalue weighted by atomic mass is 9.72. The third-order valence-corrected chi connectivity index (χ3v) is 5.77. The molecule has 0 aromatic heterocycles. The lowest BCUT2D eigenvalue weighted by molar-refractivity contribution is -0.144. The number of ether oxygens (including phenoxy) is 1. The molecule has 6 heteroatoms. The van der Waals surface area contributed by atoms with E-state index in [1.54, 1.807) is 7.11 Å². The molecule has 1 saturated heterocycles. The highest BCUT2D eigenvalue weighted by Gasteiger charge is 2.45. The zero-order valence-electron chi connectivity index (χ0n) is 15.2. The Labute approximate surface area is 153 Å². The molecule has 1 atom stereocenters. The van der Waals surface area contributed by atoms with Crippen LogP contribution in [0.4, 0.5) is 0 Å². The van der Waals surface area contributed by atoms with Gasteiger partial charge in [-0.2, -0.15) is 4.79 Å². The fourth-order valence-corrected chi connectivity index (χ4v) is 4.49. The van der Waals surface area contributed by atoms with Crippen LogP contribution in [0.2, 0.25) is 0 Å². The number of ketones is 1. The highest BCUT2D eigenvalue weighted by molar-refractivity contribution is 6.25. The maximum Gasteiger partial charge on any atom is 0.323 e. The molecular weight excluding hydrogens is 330 g/mol. The Morgan fingerprint density at radius 1 is 1.35 bits per heavy atom. The third kappa shape index (κ3) is 4.02. The highest BCUT2D eigenvalue weighted by atomic mass is 16.5. The van der Waals surface area contributed by atoms with Crippen LogP contribution in [0, 0.1) is 5.41 Å². The number of likely N-dealkylation sites (tertiary alicyclic amines) is 1. The Morgan fingerprint density at radius 3 is 2.65 bits per heavy atom. The van der Waals surface area contributed by atoms with Crippen LogP contribution in [0.1, 0.15) is 50.5 Å². The number of methoxy groups -OCH3 is 1. The summed E-state index contributed by atoms with van der Waals surface area (Å²) in [6.07, 6.45) is 7.00. The van der Waals surface area contributed by atoms with Crippen molar-refractivity contribution in [2.75, 3.05) is 7.11 Å². The Bertz CT molecular complexity index is 716. The lowest BCUT2D eigenvalue weighted by Gasteiger charge is -2.44. The largest absolute Gasteiger partial charge is 0.497 e. The van der Waals surface area contributed by atoms with Gasteiger partial charge in [0.25, 0.3) is 0 Å². The SMILES string of the molecule is COc1ccc(CN2C(=O)CC3(CCCC3)CC2CC(=O)C=[N+]=[N-])cc1. The van der Waals surface area contributed by atoms with Crippen molar-refractivity contribution >= 4 is 17.9 Å². The van der Waals surface area contributed by atoms with E-state index in [2.05, 4.69) is 4.79 Å². The Morgan fingerprint density at radius 2 is 2.04 bits per heavy atom. The second kappa shape index (κ2) is 7.83. The van der Waals surface area contributed by atoms with E-state index in [9.17, 15) is 9.59 Å². The topological polar surface area (TPSA) is 83.0 Å². The predicted octanol–water partition coefficient (Wildman–Crippen LogP) is 3.01. The summed E-state index contributed by atoms with van der Waals surface area (Å²) in [5, 5.41) is 0. The van der Waals surface area contributed by atoms with E-state index in [-0.39, 0.29) is 29.6 Å². The fraction of sp³-hybridized carbons (Fsp3) is 0.550. The first-order chi connectivity index (χ1) is 12.5. The zero-order chi connectivity index (χ0) is 18.6. The van der Waals surface area contributed by atoms with Crippen molar-refractivity contribution in [1.29, 1.82) is 0 Å². The molecule has 1 aromatic rings. The van der Waals surface area contributed by atoms with E-state index in [1.165, 1.54) is 0 Å². The fourth-order valence-electron chi connectivity index (χ4n) is 4.49. The first-order valence-electron chi connectivity index (χ1n) is 9.18. The number of rotatable bonds is 6. The first-order valence-corrected chi connectivity index (χ1v) is 9.18. The van der Waals surface area contributed by atoms with Gasteiger partial charge in [-0.3, -0.25) is 9.59 Å². The van der Waals surface area contributed by atoms with Crippen LogP contribution >= 0.6 is 0 Å². The second-order valence-electron chi connectivity index (χ2n) is 7.53. The monoisotopic (exact) mass is 355 g/mol. The van der Waals surface area contributed by atoms with Crippen molar-refractivity contribution in [2.24, 2.45) is 5.41 Å². The van der Waals surface area contributed by atoms with Gasteiger partial charge in [-0.1, -0.05) is 25.0 Å². The van der Waals surface area contributed by atoms with Crippen LogP contribution < -0.4 is 4.74 Å². The maximum atomic E-state index is 12.9. The minimum atomic E-state index is -0.250. The number of benzene rings is 1. The molecule has 0 N–H and O–H groups in total. The van der Waals surface area contributed by atoms with Gasteiger partial charge in [0, 0.05) is 25.4 Å². The molecule has 2 fully saturated rings. The van der Waals surface area contributed by atoms with Gasteiger partial charge in [0.2, 0.25) is 11.7 Å². The number of hydrogen-bond acceptors (Lipinski definition) is 3. The summed E-state index contributed by atoms with van der Waals surface area (Å²) in [6, 6.07) is 7.49. The lowest BCUT2D eigenvalue weighted by Crippen LogP contribution is -2.50. The molecule has 0 radical (unpaired) electrons. The van der Waals surface area contributed by atoms with Gasteiger partial charge in [0.1, 0.15) is 5.75 Å². The van der Waals surface area contributed by atoms with Gasteiger partial charge in [0.05, 0.1) is 7.11 Å². The molecule has 6 nitrogen and oxygen atoms in total. The molecule has 1 amide bonds. The van der Waals surface area contributed by atoms with Crippen LogP contribution in [0.15, 0.2) is 24.3 Å². The molecule has 1 aliphatic carbocycles. The average molecular weight is 355 g/mol. The second-order valence-corrected chi connectivity index (χ2v) is 7.53.